The van der Waals surface area contributed by atoms with Crippen molar-refractivity contribution in [2.24, 2.45) is 0 Å². The largest absolute Gasteiger partial charge is 0.352 e. The van der Waals surface area contributed by atoms with Crippen LogP contribution in [-0.2, 0) is 10.5 Å². The second-order valence-corrected chi connectivity index (χ2v) is 6.47. The second kappa shape index (κ2) is 8.44. The number of hydrogen-bond donors (Lipinski definition) is 1. The quantitative estimate of drug-likeness (QED) is 0.788. The van der Waals surface area contributed by atoms with Gasteiger partial charge in [0.05, 0.1) is 5.75 Å². The van der Waals surface area contributed by atoms with E-state index in [9.17, 15) is 9.18 Å². The highest BCUT2D eigenvalue weighted by molar-refractivity contribution is 7.99. The maximum Gasteiger partial charge on any atom is 0.230 e. The van der Waals surface area contributed by atoms with Gasteiger partial charge in [0.1, 0.15) is 5.82 Å². The molecular weight excluding hydrogens is 309 g/mol. The number of carbonyl (C=O) groups is 1. The van der Waals surface area contributed by atoms with Crippen LogP contribution in [-0.4, -0.2) is 18.2 Å². The SMILES string of the molecule is O=C(CSCc1c(F)cccc1Cl)NCC1=CCCCC1. The average molecular weight is 328 g/mol. The molecule has 0 saturated heterocycles. The van der Waals surface area contributed by atoms with E-state index >= 15 is 0 Å². The van der Waals surface area contributed by atoms with Crippen molar-refractivity contribution in [1.82, 2.24) is 5.32 Å². The number of halogens is 2. The molecule has 1 amide bonds. The summed E-state index contributed by atoms with van der Waals surface area (Å²) in [6.07, 6.45) is 6.87. The van der Waals surface area contributed by atoms with Gasteiger partial charge in [-0.25, -0.2) is 4.39 Å². The summed E-state index contributed by atoms with van der Waals surface area (Å²) in [5.41, 5.74) is 1.78. The Morgan fingerprint density at radius 1 is 1.38 bits per heavy atom. The molecule has 0 heterocycles. The van der Waals surface area contributed by atoms with Crippen molar-refractivity contribution in [1.29, 1.82) is 0 Å². The lowest BCUT2D eigenvalue weighted by atomic mass is 10.00. The summed E-state index contributed by atoms with van der Waals surface area (Å²) in [7, 11) is 0. The summed E-state index contributed by atoms with van der Waals surface area (Å²) in [6, 6.07) is 4.63. The van der Waals surface area contributed by atoms with Crippen molar-refractivity contribution in [3.8, 4) is 0 Å². The van der Waals surface area contributed by atoms with Gasteiger partial charge in [-0.2, -0.15) is 0 Å². The minimum atomic E-state index is -0.317. The van der Waals surface area contributed by atoms with E-state index in [0.717, 1.165) is 12.8 Å². The predicted octanol–water partition coefficient (Wildman–Crippen LogP) is 4.33. The third-order valence-electron chi connectivity index (χ3n) is 3.44. The lowest BCUT2D eigenvalue weighted by Gasteiger charge is -2.13. The highest BCUT2D eigenvalue weighted by Crippen LogP contribution is 2.23. The minimum absolute atomic E-state index is 0.0149. The molecule has 114 valence electrons. The third-order valence-corrected chi connectivity index (χ3v) is 4.75. The highest BCUT2D eigenvalue weighted by atomic mass is 35.5. The van der Waals surface area contributed by atoms with Crippen molar-refractivity contribution in [2.75, 3.05) is 12.3 Å². The van der Waals surface area contributed by atoms with E-state index in [1.54, 1.807) is 12.1 Å². The van der Waals surface area contributed by atoms with Crippen LogP contribution >= 0.6 is 23.4 Å². The Kier molecular flexibility index (Phi) is 6.58. The molecule has 0 aliphatic heterocycles. The predicted molar refractivity (Wildman–Crippen MR) is 87.1 cm³/mol. The van der Waals surface area contributed by atoms with E-state index < -0.39 is 0 Å². The zero-order valence-corrected chi connectivity index (χ0v) is 13.4. The molecule has 5 heteroatoms. The normalized spacial score (nSPS) is 14.7. The first-order valence-electron chi connectivity index (χ1n) is 7.12. The van der Waals surface area contributed by atoms with Gasteiger partial charge in [0.15, 0.2) is 0 Å². The van der Waals surface area contributed by atoms with Gasteiger partial charge in [-0.15, -0.1) is 11.8 Å². The topological polar surface area (TPSA) is 29.1 Å². The third kappa shape index (κ3) is 5.36. The summed E-state index contributed by atoms with van der Waals surface area (Å²) in [6.45, 7) is 0.639. The molecule has 2 rings (SSSR count). The molecule has 0 fully saturated rings. The van der Waals surface area contributed by atoms with Gasteiger partial charge in [0, 0.05) is 22.9 Å². The second-order valence-electron chi connectivity index (χ2n) is 5.08. The first-order valence-corrected chi connectivity index (χ1v) is 8.65. The fourth-order valence-electron chi connectivity index (χ4n) is 2.24. The number of amides is 1. The minimum Gasteiger partial charge on any atom is -0.352 e. The molecule has 0 aromatic heterocycles. The van der Waals surface area contributed by atoms with Crippen LogP contribution < -0.4 is 5.32 Å². The van der Waals surface area contributed by atoms with Gasteiger partial charge in [-0.05, 0) is 37.8 Å². The van der Waals surface area contributed by atoms with Crippen LogP contribution in [0.25, 0.3) is 0 Å². The van der Waals surface area contributed by atoms with Crippen molar-refractivity contribution in [2.45, 2.75) is 31.4 Å². The molecule has 0 saturated carbocycles. The summed E-state index contributed by atoms with van der Waals surface area (Å²) in [4.78, 5) is 11.8. The molecule has 0 radical (unpaired) electrons. The van der Waals surface area contributed by atoms with Gasteiger partial charge in [-0.1, -0.05) is 29.3 Å². The Morgan fingerprint density at radius 3 is 2.95 bits per heavy atom. The average Bonchev–Trinajstić information content (AvgIpc) is 2.49. The maximum absolute atomic E-state index is 13.6. The monoisotopic (exact) mass is 327 g/mol. The van der Waals surface area contributed by atoms with Gasteiger partial charge < -0.3 is 5.32 Å². The van der Waals surface area contributed by atoms with Crippen molar-refractivity contribution in [3.63, 3.8) is 0 Å². The molecule has 1 aliphatic carbocycles. The summed E-state index contributed by atoms with van der Waals surface area (Å²) >= 11 is 7.32. The molecule has 2 nitrogen and oxygen atoms in total. The van der Waals surface area contributed by atoms with Crippen molar-refractivity contribution < 1.29 is 9.18 Å². The molecule has 1 aromatic rings. The molecule has 0 bridgehead atoms. The van der Waals surface area contributed by atoms with Gasteiger partial charge >= 0.3 is 0 Å². The van der Waals surface area contributed by atoms with E-state index in [2.05, 4.69) is 11.4 Å². The Morgan fingerprint density at radius 2 is 2.24 bits per heavy atom. The fourth-order valence-corrected chi connectivity index (χ4v) is 3.44. The van der Waals surface area contributed by atoms with E-state index in [4.69, 9.17) is 11.6 Å². The van der Waals surface area contributed by atoms with E-state index in [-0.39, 0.29) is 11.7 Å². The molecule has 1 N–H and O–H groups in total. The van der Waals surface area contributed by atoms with Crippen molar-refractivity contribution in [3.05, 3.63) is 46.3 Å². The standard InChI is InChI=1S/C16H19ClFNOS/c17-14-7-4-8-15(18)13(14)10-21-11-16(20)19-9-12-5-2-1-3-6-12/h4-5,7-8H,1-3,6,9-11H2,(H,19,20). The molecular formula is C16H19ClFNOS. The molecule has 0 atom stereocenters. The van der Waals surface area contributed by atoms with Gasteiger partial charge in [0.2, 0.25) is 5.91 Å². The zero-order chi connectivity index (χ0) is 15.1. The molecule has 1 aromatic carbocycles. The van der Waals surface area contributed by atoms with Crippen LogP contribution in [0, 0.1) is 5.82 Å². The number of allylic oxidation sites excluding steroid dienone is 1. The molecule has 0 spiro atoms. The van der Waals surface area contributed by atoms with Crippen LogP contribution in [0.3, 0.4) is 0 Å². The first kappa shape index (κ1) is 16.4. The van der Waals surface area contributed by atoms with E-state index in [1.807, 2.05) is 0 Å². The zero-order valence-electron chi connectivity index (χ0n) is 11.8. The Labute approximate surface area is 134 Å². The highest BCUT2D eigenvalue weighted by Gasteiger charge is 2.09. The number of benzene rings is 1. The number of nitrogens with one attached hydrogen (secondary N) is 1. The Bertz CT molecular complexity index is 513. The molecule has 1 aliphatic rings. The Hall–Kier alpha value is -1.00. The van der Waals surface area contributed by atoms with E-state index in [0.29, 0.717) is 28.6 Å². The van der Waals surface area contributed by atoms with Gasteiger partial charge in [-0.3, -0.25) is 4.79 Å². The van der Waals surface area contributed by atoms with Crippen LogP contribution in [0.5, 0.6) is 0 Å². The van der Waals surface area contributed by atoms with Crippen LogP contribution in [0.15, 0.2) is 29.8 Å². The summed E-state index contributed by atoms with van der Waals surface area (Å²) in [5, 5.41) is 3.33. The molecule has 0 unspecified atom stereocenters. The lowest BCUT2D eigenvalue weighted by molar-refractivity contribution is -0.118. The number of rotatable bonds is 6. The smallest absolute Gasteiger partial charge is 0.230 e. The number of thioether (sulfide) groups is 1. The first-order chi connectivity index (χ1) is 10.2. The van der Waals surface area contributed by atoms with E-state index in [1.165, 1.54) is 36.2 Å². The van der Waals surface area contributed by atoms with Crippen LogP contribution in [0.4, 0.5) is 4.39 Å². The molecule has 21 heavy (non-hydrogen) atoms. The van der Waals surface area contributed by atoms with Crippen LogP contribution in [0.2, 0.25) is 5.02 Å². The van der Waals surface area contributed by atoms with Crippen molar-refractivity contribution >= 4 is 29.3 Å². The van der Waals surface area contributed by atoms with Gasteiger partial charge in [0.25, 0.3) is 0 Å². The summed E-state index contributed by atoms with van der Waals surface area (Å²) < 4.78 is 13.6. The fraction of sp³-hybridized carbons (Fsp3) is 0.438. The maximum atomic E-state index is 13.6. The lowest BCUT2D eigenvalue weighted by Crippen LogP contribution is -2.27. The Balaban J connectivity index is 1.70. The number of carbonyl (C=O) groups excluding carboxylic acids is 1. The summed E-state index contributed by atoms with van der Waals surface area (Å²) in [5.74, 6) is 0.390. The van der Waals surface area contributed by atoms with Crippen LogP contribution in [0.1, 0.15) is 31.2 Å². The number of hydrogen-bond acceptors (Lipinski definition) is 2.